The van der Waals surface area contributed by atoms with Gasteiger partial charge in [0, 0.05) is 22.6 Å². The second-order valence-electron chi connectivity index (χ2n) is 6.35. The maximum Gasteiger partial charge on any atom is 0.339 e. The Morgan fingerprint density at radius 2 is 1.96 bits per heavy atom. The number of aromatic nitrogens is 1. The van der Waals surface area contributed by atoms with Crippen LogP contribution in [0.15, 0.2) is 29.4 Å². The minimum absolute atomic E-state index is 0.348. The van der Waals surface area contributed by atoms with E-state index < -0.39 is 0 Å². The second-order valence-corrected chi connectivity index (χ2v) is 6.35. The molecule has 0 bridgehead atoms. The van der Waals surface area contributed by atoms with Crippen molar-refractivity contribution >= 4 is 17.4 Å². The molecule has 1 aliphatic rings. The molecule has 0 unspecified atom stereocenters. The summed E-state index contributed by atoms with van der Waals surface area (Å²) in [6.45, 7) is 4.33. The molecule has 138 valence electrons. The van der Waals surface area contributed by atoms with E-state index in [-0.39, 0.29) is 6.03 Å². The van der Waals surface area contributed by atoms with E-state index in [9.17, 15) is 4.79 Å². The number of hydrogen-bond donors (Lipinski definition) is 3. The Balaban J connectivity index is 1.73. The largest absolute Gasteiger partial charge is 0.497 e. The summed E-state index contributed by atoms with van der Waals surface area (Å²) >= 11 is 0. The Morgan fingerprint density at radius 1 is 1.19 bits per heavy atom. The highest BCUT2D eigenvalue weighted by Crippen LogP contribution is 2.28. The van der Waals surface area contributed by atoms with Crippen molar-refractivity contribution < 1.29 is 9.53 Å². The molecule has 0 saturated carbocycles. The zero-order chi connectivity index (χ0) is 18.5. The first kappa shape index (κ1) is 18.0. The summed E-state index contributed by atoms with van der Waals surface area (Å²) in [7, 11) is 1.61. The molecule has 0 saturated heterocycles. The van der Waals surface area contributed by atoms with E-state index in [0.29, 0.717) is 5.69 Å². The number of carbonyl (C=O) groups is 1. The third-order valence-electron chi connectivity index (χ3n) is 4.75. The Hall–Kier alpha value is -2.76. The van der Waals surface area contributed by atoms with E-state index in [1.807, 2.05) is 0 Å². The normalized spacial score (nSPS) is 14.8. The number of H-pyrrole nitrogens is 1. The molecule has 1 aromatic carbocycles. The van der Waals surface area contributed by atoms with Crippen LogP contribution in [0.1, 0.15) is 49.2 Å². The highest BCUT2D eigenvalue weighted by Gasteiger charge is 2.23. The minimum atomic E-state index is -0.348. The fraction of sp³-hybridized carbons (Fsp3) is 0.400. The standard InChI is InChI=1S/C20H26N4O2/c1-4-15-16(5-2)22-17-7-6-8-18(19(15)17)23-24-20(25)21-13-9-11-14(26-3)12-10-13/h9-12,22H,4-8H2,1-3H3,(H2,21,24,25)/b23-18+. The Labute approximate surface area is 154 Å². The van der Waals surface area contributed by atoms with Crippen molar-refractivity contribution in [2.24, 2.45) is 5.10 Å². The number of aryl methyl sites for hydroxylation is 2. The van der Waals surface area contributed by atoms with E-state index in [0.717, 1.165) is 43.6 Å². The molecule has 1 aromatic heterocycles. The summed E-state index contributed by atoms with van der Waals surface area (Å²) < 4.78 is 5.11. The average molecular weight is 354 g/mol. The first-order valence-electron chi connectivity index (χ1n) is 9.16. The second kappa shape index (κ2) is 8.08. The summed E-state index contributed by atoms with van der Waals surface area (Å²) in [5, 5.41) is 7.20. The molecule has 0 fully saturated rings. The SMILES string of the molecule is CCc1[nH]c2c(c1CC)/C(=N/NC(=O)Nc1ccc(OC)cc1)CCC2. The molecule has 6 nitrogen and oxygen atoms in total. The van der Waals surface area contributed by atoms with E-state index in [2.05, 4.69) is 34.7 Å². The molecule has 0 aliphatic heterocycles. The molecule has 1 aliphatic carbocycles. The lowest BCUT2D eigenvalue weighted by atomic mass is 9.91. The topological polar surface area (TPSA) is 78.5 Å². The molecule has 2 aromatic rings. The molecule has 0 atom stereocenters. The van der Waals surface area contributed by atoms with Crippen LogP contribution in [-0.4, -0.2) is 23.8 Å². The minimum Gasteiger partial charge on any atom is -0.497 e. The van der Waals surface area contributed by atoms with Gasteiger partial charge in [0.15, 0.2) is 0 Å². The van der Waals surface area contributed by atoms with Gasteiger partial charge in [-0.3, -0.25) is 0 Å². The van der Waals surface area contributed by atoms with Gasteiger partial charge in [-0.2, -0.15) is 5.10 Å². The van der Waals surface area contributed by atoms with Crippen molar-refractivity contribution in [3.8, 4) is 5.75 Å². The zero-order valence-corrected chi connectivity index (χ0v) is 15.6. The van der Waals surface area contributed by atoms with Gasteiger partial charge in [-0.25, -0.2) is 10.2 Å². The van der Waals surface area contributed by atoms with Gasteiger partial charge >= 0.3 is 6.03 Å². The van der Waals surface area contributed by atoms with Crippen molar-refractivity contribution in [3.05, 3.63) is 46.8 Å². The van der Waals surface area contributed by atoms with E-state index in [4.69, 9.17) is 4.74 Å². The van der Waals surface area contributed by atoms with Gasteiger partial charge in [-0.05, 0) is 61.9 Å². The lowest BCUT2D eigenvalue weighted by Crippen LogP contribution is -2.26. The zero-order valence-electron chi connectivity index (χ0n) is 15.6. The number of amides is 2. The summed E-state index contributed by atoms with van der Waals surface area (Å²) in [6, 6.07) is 6.83. The van der Waals surface area contributed by atoms with Crippen LogP contribution in [-0.2, 0) is 19.3 Å². The van der Waals surface area contributed by atoms with Crippen LogP contribution in [0.4, 0.5) is 10.5 Å². The third kappa shape index (κ3) is 3.74. The number of aromatic amines is 1. The third-order valence-corrected chi connectivity index (χ3v) is 4.75. The van der Waals surface area contributed by atoms with Gasteiger partial charge in [-0.15, -0.1) is 0 Å². The number of anilines is 1. The van der Waals surface area contributed by atoms with Crippen LogP contribution in [0, 0.1) is 0 Å². The van der Waals surface area contributed by atoms with Crippen molar-refractivity contribution in [2.45, 2.75) is 46.0 Å². The lowest BCUT2D eigenvalue weighted by Gasteiger charge is -2.16. The predicted octanol–water partition coefficient (Wildman–Crippen LogP) is 4.01. The van der Waals surface area contributed by atoms with Gasteiger partial charge in [0.2, 0.25) is 0 Å². The number of hydrazone groups is 1. The number of fused-ring (bicyclic) bond motifs is 1. The number of carbonyl (C=O) groups excluding carboxylic acids is 1. The number of rotatable bonds is 5. The van der Waals surface area contributed by atoms with E-state index >= 15 is 0 Å². The van der Waals surface area contributed by atoms with Crippen LogP contribution < -0.4 is 15.5 Å². The molecular formula is C20H26N4O2. The highest BCUT2D eigenvalue weighted by molar-refractivity contribution is 6.04. The molecular weight excluding hydrogens is 328 g/mol. The van der Waals surface area contributed by atoms with Crippen LogP contribution in [0.25, 0.3) is 0 Å². The van der Waals surface area contributed by atoms with Crippen LogP contribution in [0.3, 0.4) is 0 Å². The van der Waals surface area contributed by atoms with Crippen LogP contribution in [0.2, 0.25) is 0 Å². The summed E-state index contributed by atoms with van der Waals surface area (Å²) in [4.78, 5) is 15.7. The van der Waals surface area contributed by atoms with Gasteiger partial charge < -0.3 is 15.0 Å². The first-order valence-corrected chi connectivity index (χ1v) is 9.16. The van der Waals surface area contributed by atoms with Gasteiger partial charge in [0.1, 0.15) is 5.75 Å². The van der Waals surface area contributed by atoms with Gasteiger partial charge in [-0.1, -0.05) is 13.8 Å². The van der Waals surface area contributed by atoms with Gasteiger partial charge in [0.05, 0.1) is 12.8 Å². The number of nitrogens with zero attached hydrogens (tertiary/aromatic N) is 1. The van der Waals surface area contributed by atoms with Crippen LogP contribution in [0.5, 0.6) is 5.75 Å². The Bertz CT molecular complexity index is 806. The van der Waals surface area contributed by atoms with Crippen LogP contribution >= 0.6 is 0 Å². The fourth-order valence-electron chi connectivity index (χ4n) is 3.50. The summed E-state index contributed by atoms with van der Waals surface area (Å²) in [5.41, 5.74) is 9.37. The molecule has 26 heavy (non-hydrogen) atoms. The fourth-order valence-corrected chi connectivity index (χ4v) is 3.50. The molecule has 3 rings (SSSR count). The highest BCUT2D eigenvalue weighted by atomic mass is 16.5. The maximum absolute atomic E-state index is 12.2. The number of nitrogens with one attached hydrogen (secondary N) is 3. The van der Waals surface area contributed by atoms with Crippen molar-refractivity contribution in [1.29, 1.82) is 0 Å². The quantitative estimate of drug-likeness (QED) is 0.709. The predicted molar refractivity (Wildman–Crippen MR) is 104 cm³/mol. The van der Waals surface area contributed by atoms with E-state index in [1.165, 1.54) is 22.5 Å². The van der Waals surface area contributed by atoms with E-state index in [1.54, 1.807) is 31.4 Å². The Morgan fingerprint density at radius 3 is 2.62 bits per heavy atom. The number of benzene rings is 1. The summed E-state index contributed by atoms with van der Waals surface area (Å²) in [5.74, 6) is 0.747. The molecule has 0 radical (unpaired) electrons. The maximum atomic E-state index is 12.2. The number of hydrogen-bond acceptors (Lipinski definition) is 3. The number of methoxy groups -OCH3 is 1. The lowest BCUT2D eigenvalue weighted by molar-refractivity contribution is 0.252. The molecule has 1 heterocycles. The number of ether oxygens (including phenoxy) is 1. The summed E-state index contributed by atoms with van der Waals surface area (Å²) in [6.07, 6.45) is 4.91. The average Bonchev–Trinajstić information content (AvgIpc) is 3.05. The number of urea groups is 1. The molecule has 3 N–H and O–H groups in total. The molecule has 6 heteroatoms. The van der Waals surface area contributed by atoms with Crippen molar-refractivity contribution in [3.63, 3.8) is 0 Å². The monoisotopic (exact) mass is 354 g/mol. The molecule has 0 spiro atoms. The molecule has 2 amide bonds. The van der Waals surface area contributed by atoms with Crippen molar-refractivity contribution in [1.82, 2.24) is 10.4 Å². The Kier molecular flexibility index (Phi) is 5.61. The smallest absolute Gasteiger partial charge is 0.339 e. The first-order chi connectivity index (χ1) is 12.7. The van der Waals surface area contributed by atoms with Gasteiger partial charge in [0.25, 0.3) is 0 Å². The van der Waals surface area contributed by atoms with Crippen molar-refractivity contribution in [2.75, 3.05) is 12.4 Å².